The molecular weight excluding hydrogens is 365 g/mol. The third kappa shape index (κ3) is 5.73. The van der Waals surface area contributed by atoms with Gasteiger partial charge in [-0.05, 0) is 55.7 Å². The number of aryl methyl sites for hydroxylation is 1. The summed E-state index contributed by atoms with van der Waals surface area (Å²) in [5.74, 6) is 0.0260. The first-order valence-corrected chi connectivity index (χ1v) is 8.51. The maximum absolute atomic E-state index is 11.8. The van der Waals surface area contributed by atoms with Crippen molar-refractivity contribution in [2.75, 3.05) is 12.8 Å². The number of anilines is 1. The molecule has 1 aromatic carbocycles. The van der Waals surface area contributed by atoms with E-state index in [1.165, 1.54) is 0 Å². The second-order valence-electron chi connectivity index (χ2n) is 6.38. The quantitative estimate of drug-likeness (QED) is 0.332. The zero-order chi connectivity index (χ0) is 18.7. The normalized spacial score (nSPS) is 14.4. The second-order valence-corrected chi connectivity index (χ2v) is 6.38. The Kier molecular flexibility index (Phi) is 7.75. The predicted molar refractivity (Wildman–Crippen MR) is 105 cm³/mol. The molecule has 1 saturated carbocycles. The van der Waals surface area contributed by atoms with Crippen LogP contribution in [0.25, 0.3) is 22.3 Å². The van der Waals surface area contributed by atoms with E-state index in [4.69, 9.17) is 11.5 Å². The van der Waals surface area contributed by atoms with Crippen LogP contribution >= 0.6 is 0 Å². The van der Waals surface area contributed by atoms with Crippen LogP contribution in [0, 0.1) is 12.8 Å². The maximum Gasteiger partial charge on any atom is 1.00 e. The Morgan fingerprint density at radius 3 is 2.70 bits per heavy atom. The summed E-state index contributed by atoms with van der Waals surface area (Å²) in [5, 5.41) is 4.24. The van der Waals surface area contributed by atoms with Gasteiger partial charge in [-0.25, -0.2) is 4.98 Å². The molecule has 0 bridgehead atoms. The molecule has 2 aromatic rings. The average molecular weight is 388 g/mol. The van der Waals surface area contributed by atoms with Gasteiger partial charge >= 0.3 is 51.4 Å². The van der Waals surface area contributed by atoms with Gasteiger partial charge in [-0.15, -0.1) is 12.7 Å². The summed E-state index contributed by atoms with van der Waals surface area (Å²) in [6.45, 7) is 2.01. The largest absolute Gasteiger partial charge is 1.00 e. The zero-order valence-corrected chi connectivity index (χ0v) is 19.1. The first-order chi connectivity index (χ1) is 12.5. The van der Waals surface area contributed by atoms with E-state index in [0.29, 0.717) is 17.1 Å². The molecule has 1 aromatic heterocycles. The predicted octanol–water partition coefficient (Wildman–Crippen LogP) is 0.281. The molecule has 4 N–H and O–H groups in total. The molecule has 7 heteroatoms. The topological polar surface area (TPSA) is 108 Å². The fourth-order valence-corrected chi connectivity index (χ4v) is 2.62. The van der Waals surface area contributed by atoms with Gasteiger partial charge < -0.3 is 16.8 Å². The molecule has 1 aliphatic rings. The number of nitrogens with two attached hydrogens (primary N) is 2. The van der Waals surface area contributed by atoms with E-state index in [1.54, 1.807) is 13.1 Å². The minimum absolute atomic E-state index is 0. The van der Waals surface area contributed by atoms with Crippen LogP contribution in [0.5, 0.6) is 0 Å². The van der Waals surface area contributed by atoms with E-state index in [9.17, 15) is 4.79 Å². The van der Waals surface area contributed by atoms with E-state index in [2.05, 4.69) is 15.3 Å². The number of carbonyl (C=O) groups excluding carboxylic acids is 1. The van der Waals surface area contributed by atoms with Crippen LogP contribution in [-0.4, -0.2) is 23.8 Å². The van der Waals surface area contributed by atoms with Crippen molar-refractivity contribution in [1.82, 2.24) is 4.98 Å². The molecule has 6 nitrogen and oxygen atoms in total. The number of amidine groups is 1. The molecule has 1 aliphatic carbocycles. The third-order valence-corrected chi connectivity index (χ3v) is 4.24. The Balaban J connectivity index is 0.00000261. The molecule has 0 atom stereocenters. The van der Waals surface area contributed by atoms with Crippen LogP contribution in [0.2, 0.25) is 0 Å². The van der Waals surface area contributed by atoms with E-state index in [1.807, 2.05) is 43.3 Å². The number of nitrogen functional groups attached to an aromatic ring is 1. The SMILES string of the molecule is C[N-]/C(=C\C(N)=NC(=O)C1CC1)c1cccc(-c2cc(N)ccc2C)n1.[K+]. The number of hydrogen-bond acceptors (Lipinski definition) is 3. The Bertz CT molecular complexity index is 903. The molecule has 1 fully saturated rings. The van der Waals surface area contributed by atoms with Crippen molar-refractivity contribution in [3.05, 3.63) is 59.0 Å². The number of benzene rings is 1. The molecule has 134 valence electrons. The fourth-order valence-electron chi connectivity index (χ4n) is 2.62. The summed E-state index contributed by atoms with van der Waals surface area (Å²) in [5.41, 5.74) is 16.6. The molecule has 0 unspecified atom stereocenters. The van der Waals surface area contributed by atoms with Gasteiger partial charge in [0.2, 0.25) is 0 Å². The Labute approximate surface area is 202 Å². The molecule has 1 heterocycles. The van der Waals surface area contributed by atoms with Gasteiger partial charge in [-0.1, -0.05) is 12.1 Å². The molecule has 27 heavy (non-hydrogen) atoms. The van der Waals surface area contributed by atoms with Gasteiger partial charge in [-0.3, -0.25) is 4.79 Å². The average Bonchev–Trinajstić information content (AvgIpc) is 3.47. The molecule has 0 spiro atoms. The number of pyridine rings is 1. The minimum Gasteiger partial charge on any atom is -0.685 e. The molecule has 3 rings (SSSR count). The van der Waals surface area contributed by atoms with Crippen LogP contribution in [0.3, 0.4) is 0 Å². The molecule has 0 aliphatic heterocycles. The van der Waals surface area contributed by atoms with Crippen molar-refractivity contribution in [2.45, 2.75) is 19.8 Å². The number of carbonyl (C=O) groups is 1. The summed E-state index contributed by atoms with van der Waals surface area (Å²) < 4.78 is 0. The van der Waals surface area contributed by atoms with Gasteiger partial charge in [0.1, 0.15) is 5.84 Å². The summed E-state index contributed by atoms with van der Waals surface area (Å²) in [6.07, 6.45) is 3.37. The van der Waals surface area contributed by atoms with Crippen LogP contribution in [-0.2, 0) is 4.79 Å². The zero-order valence-electron chi connectivity index (χ0n) is 15.9. The molecular formula is C20H22KN5O. The number of nitrogens with zero attached hydrogens (tertiary/aromatic N) is 3. The second kappa shape index (κ2) is 9.61. The van der Waals surface area contributed by atoms with E-state index < -0.39 is 0 Å². The van der Waals surface area contributed by atoms with E-state index in [-0.39, 0.29) is 69.0 Å². The molecule has 1 amide bonds. The van der Waals surface area contributed by atoms with Crippen LogP contribution in [0.15, 0.2) is 47.5 Å². The Hall–Kier alpha value is -1.51. The smallest absolute Gasteiger partial charge is 0.685 e. The number of amides is 1. The van der Waals surface area contributed by atoms with Gasteiger partial charge in [-0.2, -0.15) is 4.99 Å². The summed E-state index contributed by atoms with van der Waals surface area (Å²) in [6, 6.07) is 11.4. The summed E-state index contributed by atoms with van der Waals surface area (Å²) in [4.78, 5) is 20.4. The minimum atomic E-state index is -0.161. The molecule has 0 radical (unpaired) electrons. The number of aliphatic imine (C=N–C) groups is 1. The Morgan fingerprint density at radius 2 is 2.04 bits per heavy atom. The summed E-state index contributed by atoms with van der Waals surface area (Å²) >= 11 is 0. The van der Waals surface area contributed by atoms with Crippen molar-refractivity contribution in [1.29, 1.82) is 0 Å². The van der Waals surface area contributed by atoms with E-state index >= 15 is 0 Å². The molecule has 0 saturated heterocycles. The van der Waals surface area contributed by atoms with Crippen molar-refractivity contribution in [3.63, 3.8) is 0 Å². The van der Waals surface area contributed by atoms with Gasteiger partial charge in [0.05, 0.1) is 5.69 Å². The van der Waals surface area contributed by atoms with Gasteiger partial charge in [0.25, 0.3) is 5.91 Å². The van der Waals surface area contributed by atoms with Crippen molar-refractivity contribution >= 4 is 23.1 Å². The first-order valence-electron chi connectivity index (χ1n) is 8.51. The standard InChI is InChI=1S/C20H23N5O.K/c1-12-6-9-14(21)10-15(12)16-4-3-5-17(24-16)18(23-2)11-19(22)25-20(26)13-7-8-13;/h3-6,9-11,13H,7-8,21H2,1-2H3,(H3,22,23,25,26);/q;+1/p-1. The monoisotopic (exact) mass is 387 g/mol. The van der Waals surface area contributed by atoms with Crippen LogP contribution in [0.1, 0.15) is 24.1 Å². The van der Waals surface area contributed by atoms with Crippen LogP contribution in [0.4, 0.5) is 5.69 Å². The first kappa shape index (κ1) is 21.8. The van der Waals surface area contributed by atoms with E-state index in [0.717, 1.165) is 29.7 Å². The van der Waals surface area contributed by atoms with Crippen molar-refractivity contribution in [2.24, 2.45) is 16.6 Å². The van der Waals surface area contributed by atoms with Gasteiger partial charge in [0, 0.05) is 22.9 Å². The fraction of sp³-hybridized carbons (Fsp3) is 0.250. The third-order valence-electron chi connectivity index (χ3n) is 4.24. The van der Waals surface area contributed by atoms with Crippen molar-refractivity contribution in [3.8, 4) is 11.3 Å². The van der Waals surface area contributed by atoms with Crippen LogP contribution < -0.4 is 62.9 Å². The summed E-state index contributed by atoms with van der Waals surface area (Å²) in [7, 11) is 1.65. The maximum atomic E-state index is 11.8. The van der Waals surface area contributed by atoms with Gasteiger partial charge in [0.15, 0.2) is 0 Å². The van der Waals surface area contributed by atoms with Crippen molar-refractivity contribution < 1.29 is 56.2 Å². The number of aromatic nitrogens is 1. The Morgan fingerprint density at radius 1 is 1.30 bits per heavy atom. The number of rotatable bonds is 5. The number of hydrogen-bond donors (Lipinski definition) is 2.